The first-order valence-electron chi connectivity index (χ1n) is 4.45. The Hall–Kier alpha value is -0.710. The molecule has 1 aliphatic rings. The number of alkyl halides is 1. The molecule has 1 saturated heterocycles. The smallest absolute Gasteiger partial charge is 0.205 e. The zero-order valence-electron chi connectivity index (χ0n) is 7.53. The highest BCUT2D eigenvalue weighted by Crippen LogP contribution is 2.22. The van der Waals surface area contributed by atoms with Crippen LogP contribution in [0.25, 0.3) is 0 Å². The Labute approximate surface area is 80.8 Å². The summed E-state index contributed by atoms with van der Waals surface area (Å²) >= 11 is 1.36. The number of halogens is 1. The van der Waals surface area contributed by atoms with Crippen LogP contribution in [0.15, 0.2) is 0 Å². The second-order valence-corrected chi connectivity index (χ2v) is 4.04. The first-order valence-corrected chi connectivity index (χ1v) is 5.22. The maximum absolute atomic E-state index is 13.0. The molecule has 0 unspecified atom stereocenters. The topological polar surface area (TPSA) is 29.0 Å². The largest absolute Gasteiger partial charge is 0.344 e. The van der Waals surface area contributed by atoms with Gasteiger partial charge >= 0.3 is 0 Å². The molecule has 72 valence electrons. The second-order valence-electron chi connectivity index (χ2n) is 3.31. The van der Waals surface area contributed by atoms with E-state index in [1.54, 1.807) is 0 Å². The van der Waals surface area contributed by atoms with Gasteiger partial charge in [0.05, 0.1) is 6.54 Å². The standard InChI is InChI=1S/C8H12FN3S/c1-6-10-8(13-11-6)12-4-2-3-7(9)5-12/h7H,2-5H2,1H3/t7-/m0/s1. The van der Waals surface area contributed by atoms with Gasteiger partial charge in [0.1, 0.15) is 12.0 Å². The van der Waals surface area contributed by atoms with Crippen molar-refractivity contribution >= 4 is 16.7 Å². The lowest BCUT2D eigenvalue weighted by Gasteiger charge is -2.27. The highest BCUT2D eigenvalue weighted by Gasteiger charge is 2.21. The van der Waals surface area contributed by atoms with Crippen molar-refractivity contribution in [1.82, 2.24) is 9.36 Å². The van der Waals surface area contributed by atoms with Crippen molar-refractivity contribution in [1.29, 1.82) is 0 Å². The number of rotatable bonds is 1. The molecule has 0 aliphatic carbocycles. The molecule has 1 aromatic heterocycles. The number of hydrogen-bond acceptors (Lipinski definition) is 4. The molecular weight excluding hydrogens is 189 g/mol. The molecule has 2 heterocycles. The lowest BCUT2D eigenvalue weighted by molar-refractivity contribution is 0.286. The van der Waals surface area contributed by atoms with Gasteiger partial charge in [0, 0.05) is 18.1 Å². The molecule has 0 amide bonds. The predicted octanol–water partition coefficient (Wildman–Crippen LogP) is 1.78. The summed E-state index contributed by atoms with van der Waals surface area (Å²) < 4.78 is 17.1. The lowest BCUT2D eigenvalue weighted by Crippen LogP contribution is -2.36. The average Bonchev–Trinajstić information content (AvgIpc) is 2.52. The van der Waals surface area contributed by atoms with E-state index in [4.69, 9.17) is 0 Å². The quantitative estimate of drug-likeness (QED) is 0.693. The minimum atomic E-state index is -0.696. The maximum Gasteiger partial charge on any atom is 0.205 e. The Kier molecular flexibility index (Phi) is 2.44. The molecule has 1 aliphatic heterocycles. The van der Waals surface area contributed by atoms with Crippen molar-refractivity contribution in [3.63, 3.8) is 0 Å². The van der Waals surface area contributed by atoms with Crippen LogP contribution < -0.4 is 4.90 Å². The van der Waals surface area contributed by atoms with Crippen molar-refractivity contribution in [3.8, 4) is 0 Å². The minimum absolute atomic E-state index is 0.481. The first kappa shape index (κ1) is 8.87. The summed E-state index contributed by atoms with van der Waals surface area (Å²) in [6, 6.07) is 0. The lowest BCUT2D eigenvalue weighted by atomic mass is 10.1. The summed E-state index contributed by atoms with van der Waals surface area (Å²) in [6.45, 7) is 3.25. The van der Waals surface area contributed by atoms with Crippen LogP contribution in [0.5, 0.6) is 0 Å². The Bertz CT molecular complexity index is 289. The number of aryl methyl sites for hydroxylation is 1. The van der Waals surface area contributed by atoms with Crippen LogP contribution in [0, 0.1) is 6.92 Å². The molecule has 0 aromatic carbocycles. The van der Waals surface area contributed by atoms with Gasteiger partial charge < -0.3 is 4.90 Å². The molecule has 13 heavy (non-hydrogen) atoms. The first-order chi connectivity index (χ1) is 6.25. The summed E-state index contributed by atoms with van der Waals surface area (Å²) in [5.41, 5.74) is 0. The summed E-state index contributed by atoms with van der Waals surface area (Å²) in [7, 11) is 0. The third kappa shape index (κ3) is 1.96. The molecule has 1 atom stereocenters. The van der Waals surface area contributed by atoms with E-state index in [0.717, 1.165) is 23.9 Å². The fraction of sp³-hybridized carbons (Fsp3) is 0.750. The summed E-state index contributed by atoms with van der Waals surface area (Å²) in [4.78, 5) is 6.22. The summed E-state index contributed by atoms with van der Waals surface area (Å²) in [6.07, 6.45) is 0.909. The molecule has 0 N–H and O–H groups in total. The van der Waals surface area contributed by atoms with E-state index >= 15 is 0 Å². The van der Waals surface area contributed by atoms with Gasteiger partial charge in [-0.2, -0.15) is 4.37 Å². The molecule has 1 aromatic rings. The molecule has 2 rings (SSSR count). The molecule has 0 radical (unpaired) electrons. The van der Waals surface area contributed by atoms with Crippen LogP contribution in [-0.2, 0) is 0 Å². The van der Waals surface area contributed by atoms with Crippen LogP contribution in [0.3, 0.4) is 0 Å². The Morgan fingerprint density at radius 1 is 1.62 bits per heavy atom. The van der Waals surface area contributed by atoms with Gasteiger partial charge in [-0.3, -0.25) is 0 Å². The van der Waals surface area contributed by atoms with E-state index < -0.39 is 6.17 Å². The second kappa shape index (κ2) is 3.57. The van der Waals surface area contributed by atoms with Crippen molar-refractivity contribution < 1.29 is 4.39 Å². The van der Waals surface area contributed by atoms with Crippen molar-refractivity contribution in [2.45, 2.75) is 25.9 Å². The van der Waals surface area contributed by atoms with Gasteiger partial charge in [0.25, 0.3) is 0 Å². The van der Waals surface area contributed by atoms with E-state index in [-0.39, 0.29) is 0 Å². The van der Waals surface area contributed by atoms with E-state index in [1.807, 2.05) is 11.8 Å². The molecule has 0 spiro atoms. The predicted molar refractivity (Wildman–Crippen MR) is 51.0 cm³/mol. The van der Waals surface area contributed by atoms with Gasteiger partial charge in [-0.15, -0.1) is 0 Å². The zero-order valence-corrected chi connectivity index (χ0v) is 8.35. The molecule has 5 heteroatoms. The van der Waals surface area contributed by atoms with Crippen LogP contribution in [0.4, 0.5) is 9.52 Å². The van der Waals surface area contributed by atoms with E-state index in [2.05, 4.69) is 9.36 Å². The van der Waals surface area contributed by atoms with Gasteiger partial charge in [0.2, 0.25) is 5.13 Å². The van der Waals surface area contributed by atoms with Crippen LogP contribution in [-0.4, -0.2) is 28.6 Å². The number of hydrogen-bond donors (Lipinski definition) is 0. The van der Waals surface area contributed by atoms with Gasteiger partial charge in [0.15, 0.2) is 0 Å². The van der Waals surface area contributed by atoms with E-state index in [9.17, 15) is 4.39 Å². The fourth-order valence-corrected chi connectivity index (χ4v) is 2.22. The highest BCUT2D eigenvalue weighted by atomic mass is 32.1. The Morgan fingerprint density at radius 2 is 2.46 bits per heavy atom. The maximum atomic E-state index is 13.0. The molecule has 3 nitrogen and oxygen atoms in total. The van der Waals surface area contributed by atoms with Crippen LogP contribution >= 0.6 is 11.5 Å². The third-order valence-electron chi connectivity index (χ3n) is 2.15. The van der Waals surface area contributed by atoms with Gasteiger partial charge in [-0.1, -0.05) is 0 Å². The van der Waals surface area contributed by atoms with Crippen molar-refractivity contribution in [2.24, 2.45) is 0 Å². The van der Waals surface area contributed by atoms with Crippen LogP contribution in [0.1, 0.15) is 18.7 Å². The average molecular weight is 201 g/mol. The fourth-order valence-electron chi connectivity index (χ4n) is 1.51. The number of nitrogens with zero attached hydrogens (tertiary/aromatic N) is 3. The Balaban J connectivity index is 2.08. The summed E-state index contributed by atoms with van der Waals surface area (Å²) in [5.74, 6) is 0.779. The monoisotopic (exact) mass is 201 g/mol. The summed E-state index contributed by atoms with van der Waals surface area (Å²) in [5, 5.41) is 0.861. The highest BCUT2D eigenvalue weighted by molar-refractivity contribution is 7.09. The molecule has 0 saturated carbocycles. The molecular formula is C8H12FN3S. The number of anilines is 1. The van der Waals surface area contributed by atoms with Gasteiger partial charge in [-0.05, 0) is 19.8 Å². The third-order valence-corrected chi connectivity index (χ3v) is 3.02. The minimum Gasteiger partial charge on any atom is -0.344 e. The molecule has 0 bridgehead atoms. The van der Waals surface area contributed by atoms with Crippen LogP contribution in [0.2, 0.25) is 0 Å². The Morgan fingerprint density at radius 3 is 3.08 bits per heavy atom. The normalized spacial score (nSPS) is 23.5. The van der Waals surface area contributed by atoms with E-state index in [0.29, 0.717) is 13.0 Å². The van der Waals surface area contributed by atoms with E-state index in [1.165, 1.54) is 11.5 Å². The van der Waals surface area contributed by atoms with Gasteiger partial charge in [-0.25, -0.2) is 9.37 Å². The zero-order chi connectivity index (χ0) is 9.26. The SMILES string of the molecule is Cc1nsc(N2CCC[C@H](F)C2)n1. The van der Waals surface area contributed by atoms with Crippen molar-refractivity contribution in [2.75, 3.05) is 18.0 Å². The molecule has 1 fully saturated rings. The number of piperidine rings is 1. The number of aromatic nitrogens is 2. The van der Waals surface area contributed by atoms with Crippen molar-refractivity contribution in [3.05, 3.63) is 5.82 Å².